The van der Waals surface area contributed by atoms with Gasteiger partial charge in [-0.3, -0.25) is 14.5 Å². The van der Waals surface area contributed by atoms with Crippen LogP contribution in [0, 0.1) is 5.92 Å². The fraction of sp³-hybridized carbons (Fsp3) is 0.526. The van der Waals surface area contributed by atoms with Crippen LogP contribution < -0.4 is 15.4 Å². The van der Waals surface area contributed by atoms with Crippen LogP contribution in [-0.2, 0) is 16.1 Å². The number of methoxy groups -OCH3 is 1. The maximum atomic E-state index is 12.5. The Bertz CT molecular complexity index is 676. The first-order chi connectivity index (χ1) is 12.9. The SMILES string of the molecule is CC[C@@H](C)[C@@H](CO)NC(=O)C[C@@H]1NC(=O)N(Cc2ccc(OC)cc2)C1=O. The van der Waals surface area contributed by atoms with Crippen LogP contribution >= 0.6 is 0 Å². The molecule has 0 spiro atoms. The second-order valence-corrected chi connectivity index (χ2v) is 6.72. The van der Waals surface area contributed by atoms with Crippen LogP contribution in [0.2, 0.25) is 0 Å². The number of aliphatic hydroxyl groups excluding tert-OH is 1. The summed E-state index contributed by atoms with van der Waals surface area (Å²) in [7, 11) is 1.56. The Kier molecular flexibility index (Phi) is 7.18. The molecule has 8 nitrogen and oxygen atoms in total. The van der Waals surface area contributed by atoms with Gasteiger partial charge in [0.15, 0.2) is 0 Å². The Balaban J connectivity index is 1.95. The van der Waals surface area contributed by atoms with Gasteiger partial charge < -0.3 is 20.5 Å². The minimum Gasteiger partial charge on any atom is -0.497 e. The van der Waals surface area contributed by atoms with Crippen LogP contribution in [0.5, 0.6) is 5.75 Å². The Morgan fingerprint density at radius 1 is 1.33 bits per heavy atom. The molecule has 1 fully saturated rings. The number of carbonyl (C=O) groups excluding carboxylic acids is 3. The molecule has 0 saturated carbocycles. The van der Waals surface area contributed by atoms with Crippen molar-refractivity contribution in [1.29, 1.82) is 0 Å². The van der Waals surface area contributed by atoms with Crippen LogP contribution in [0.3, 0.4) is 0 Å². The van der Waals surface area contributed by atoms with Gasteiger partial charge in [0.05, 0.1) is 32.7 Å². The molecule has 3 N–H and O–H groups in total. The van der Waals surface area contributed by atoms with Crippen molar-refractivity contribution in [3.8, 4) is 5.75 Å². The second kappa shape index (κ2) is 9.36. The van der Waals surface area contributed by atoms with Crippen LogP contribution in [0.25, 0.3) is 0 Å². The number of amides is 4. The number of imide groups is 1. The molecule has 8 heteroatoms. The quantitative estimate of drug-likeness (QED) is 0.557. The molecule has 0 radical (unpaired) electrons. The molecule has 148 valence electrons. The van der Waals surface area contributed by atoms with Gasteiger partial charge in [-0.05, 0) is 23.6 Å². The van der Waals surface area contributed by atoms with E-state index < -0.39 is 18.0 Å². The van der Waals surface area contributed by atoms with E-state index in [0.29, 0.717) is 5.75 Å². The summed E-state index contributed by atoms with van der Waals surface area (Å²) in [5.74, 6) is -0.0148. The van der Waals surface area contributed by atoms with E-state index in [1.165, 1.54) is 0 Å². The number of benzene rings is 1. The molecule has 0 aliphatic carbocycles. The zero-order chi connectivity index (χ0) is 20.0. The summed E-state index contributed by atoms with van der Waals surface area (Å²) < 4.78 is 5.09. The summed E-state index contributed by atoms with van der Waals surface area (Å²) in [6, 6.07) is 5.27. The molecule has 1 aromatic rings. The van der Waals surface area contributed by atoms with Gasteiger partial charge in [-0.15, -0.1) is 0 Å². The van der Waals surface area contributed by atoms with Crippen LogP contribution in [0.15, 0.2) is 24.3 Å². The maximum absolute atomic E-state index is 12.5. The molecule has 3 atom stereocenters. The number of hydrogen-bond donors (Lipinski definition) is 3. The first kappa shape index (κ1) is 20.7. The predicted molar refractivity (Wildman–Crippen MR) is 99.0 cm³/mol. The summed E-state index contributed by atoms with van der Waals surface area (Å²) in [5, 5.41) is 14.7. The van der Waals surface area contributed by atoms with E-state index in [1.807, 2.05) is 13.8 Å². The first-order valence-corrected chi connectivity index (χ1v) is 9.04. The molecule has 1 aliphatic rings. The lowest BCUT2D eigenvalue weighted by molar-refractivity contribution is -0.131. The zero-order valence-corrected chi connectivity index (χ0v) is 15.9. The second-order valence-electron chi connectivity index (χ2n) is 6.72. The highest BCUT2D eigenvalue weighted by atomic mass is 16.5. The fourth-order valence-electron chi connectivity index (χ4n) is 2.88. The molecular weight excluding hydrogens is 350 g/mol. The van der Waals surface area contributed by atoms with Crippen LogP contribution in [0.1, 0.15) is 32.3 Å². The number of hydrogen-bond acceptors (Lipinski definition) is 5. The Morgan fingerprint density at radius 2 is 2.00 bits per heavy atom. The summed E-state index contributed by atoms with van der Waals surface area (Å²) in [4.78, 5) is 38.0. The monoisotopic (exact) mass is 377 g/mol. The highest BCUT2D eigenvalue weighted by Gasteiger charge is 2.39. The number of urea groups is 1. The number of carbonyl (C=O) groups is 3. The lowest BCUT2D eigenvalue weighted by atomic mass is 9.99. The van der Waals surface area contributed by atoms with Gasteiger partial charge in [0, 0.05) is 0 Å². The zero-order valence-electron chi connectivity index (χ0n) is 15.9. The highest BCUT2D eigenvalue weighted by Crippen LogP contribution is 2.17. The minimum absolute atomic E-state index is 0.111. The Labute approximate surface area is 158 Å². The smallest absolute Gasteiger partial charge is 0.325 e. The summed E-state index contributed by atoms with van der Waals surface area (Å²) in [6.07, 6.45) is 0.650. The van der Waals surface area contributed by atoms with E-state index in [4.69, 9.17) is 4.74 Å². The van der Waals surface area contributed by atoms with Gasteiger partial charge in [0.25, 0.3) is 5.91 Å². The van der Waals surface area contributed by atoms with Gasteiger partial charge in [-0.25, -0.2) is 4.79 Å². The molecule has 27 heavy (non-hydrogen) atoms. The molecule has 0 aromatic heterocycles. The van der Waals surface area contributed by atoms with Gasteiger partial charge in [0.1, 0.15) is 11.8 Å². The maximum Gasteiger partial charge on any atom is 0.325 e. The standard InChI is InChI=1S/C19H27N3O5/c1-4-12(2)16(11-23)20-17(24)9-15-18(25)22(19(26)21-15)10-13-5-7-14(27-3)8-6-13/h5-8,12,15-16,23H,4,9-11H2,1-3H3,(H,20,24)(H,21,26)/t12-,15+,16-/m1/s1. The van der Waals surface area contributed by atoms with Crippen LogP contribution in [0.4, 0.5) is 4.79 Å². The van der Waals surface area contributed by atoms with Gasteiger partial charge in [0.2, 0.25) is 5.91 Å². The topological polar surface area (TPSA) is 108 Å². The van der Waals surface area contributed by atoms with E-state index >= 15 is 0 Å². The van der Waals surface area contributed by atoms with E-state index in [1.54, 1.807) is 31.4 Å². The van der Waals surface area contributed by atoms with Crippen molar-refractivity contribution in [2.24, 2.45) is 5.92 Å². The lowest BCUT2D eigenvalue weighted by Gasteiger charge is -2.22. The van der Waals surface area contributed by atoms with Crippen molar-refractivity contribution in [2.75, 3.05) is 13.7 Å². The van der Waals surface area contributed by atoms with Crippen molar-refractivity contribution >= 4 is 17.8 Å². The van der Waals surface area contributed by atoms with E-state index in [2.05, 4.69) is 10.6 Å². The van der Waals surface area contributed by atoms with Crippen LogP contribution in [-0.4, -0.2) is 53.7 Å². The summed E-state index contributed by atoms with van der Waals surface area (Å²) in [6.45, 7) is 3.85. The van der Waals surface area contributed by atoms with Crippen molar-refractivity contribution in [1.82, 2.24) is 15.5 Å². The van der Waals surface area contributed by atoms with Gasteiger partial charge in [-0.1, -0.05) is 32.4 Å². The third kappa shape index (κ3) is 5.19. The number of ether oxygens (including phenoxy) is 1. The molecule has 0 bridgehead atoms. The first-order valence-electron chi connectivity index (χ1n) is 9.04. The summed E-state index contributed by atoms with van der Waals surface area (Å²) >= 11 is 0. The Hall–Kier alpha value is -2.61. The molecule has 2 rings (SSSR count). The average Bonchev–Trinajstić information content (AvgIpc) is 2.93. The van der Waals surface area contributed by atoms with Crippen molar-refractivity contribution in [3.63, 3.8) is 0 Å². The molecule has 1 heterocycles. The fourth-order valence-corrected chi connectivity index (χ4v) is 2.88. The third-order valence-corrected chi connectivity index (χ3v) is 4.87. The lowest BCUT2D eigenvalue weighted by Crippen LogP contribution is -2.44. The molecule has 0 unspecified atom stereocenters. The molecule has 1 aromatic carbocycles. The van der Waals surface area contributed by atoms with Gasteiger partial charge >= 0.3 is 6.03 Å². The Morgan fingerprint density at radius 3 is 2.56 bits per heavy atom. The average molecular weight is 377 g/mol. The number of nitrogens with one attached hydrogen (secondary N) is 2. The van der Waals surface area contributed by atoms with Crippen molar-refractivity contribution < 1.29 is 24.2 Å². The molecule has 1 aliphatic heterocycles. The minimum atomic E-state index is -0.896. The third-order valence-electron chi connectivity index (χ3n) is 4.87. The van der Waals surface area contributed by atoms with E-state index in [0.717, 1.165) is 16.9 Å². The van der Waals surface area contributed by atoms with Gasteiger partial charge in [-0.2, -0.15) is 0 Å². The van der Waals surface area contributed by atoms with Crippen molar-refractivity contribution in [3.05, 3.63) is 29.8 Å². The number of rotatable bonds is 9. The van der Waals surface area contributed by atoms with E-state index in [9.17, 15) is 19.5 Å². The summed E-state index contributed by atoms with van der Waals surface area (Å²) in [5.41, 5.74) is 0.779. The molecular formula is C19H27N3O5. The normalized spacial score (nSPS) is 18.8. The largest absolute Gasteiger partial charge is 0.497 e. The molecule has 4 amide bonds. The van der Waals surface area contributed by atoms with Crippen molar-refractivity contribution in [2.45, 2.75) is 45.3 Å². The molecule has 1 saturated heterocycles. The predicted octanol–water partition coefficient (Wildman–Crippen LogP) is 1.03. The number of nitrogens with zero attached hydrogens (tertiary/aromatic N) is 1. The number of aliphatic hydroxyl groups is 1. The van der Waals surface area contributed by atoms with E-state index in [-0.39, 0.29) is 37.4 Å². The highest BCUT2D eigenvalue weighted by molar-refractivity contribution is 6.05.